The molecule has 1 aromatic rings. The first-order chi connectivity index (χ1) is 7.19. The summed E-state index contributed by atoms with van der Waals surface area (Å²) in [5, 5.41) is 2.72. The first-order valence-electron chi connectivity index (χ1n) is 4.27. The van der Waals surface area contributed by atoms with Crippen LogP contribution in [0.15, 0.2) is 21.4 Å². The Labute approximate surface area is 101 Å². The summed E-state index contributed by atoms with van der Waals surface area (Å²) in [6.07, 6.45) is 1.44. The second-order valence-corrected chi connectivity index (χ2v) is 3.92. The van der Waals surface area contributed by atoms with Gasteiger partial charge < -0.3 is 14.5 Å². The largest absolute Gasteiger partial charge is 0.457 e. The van der Waals surface area contributed by atoms with Crippen LogP contribution < -0.4 is 5.32 Å². The number of rotatable bonds is 5. The number of amides is 1. The molecule has 0 aliphatic heterocycles. The first-order valence-corrected chi connectivity index (χ1v) is 5.60. The van der Waals surface area contributed by atoms with Crippen LogP contribution in [0, 0.1) is 0 Å². The Bertz CT molecular complexity index is 329. The molecule has 0 aromatic carbocycles. The molecule has 1 atom stereocenters. The van der Waals surface area contributed by atoms with E-state index in [4.69, 9.17) is 20.8 Å². The van der Waals surface area contributed by atoms with Crippen molar-refractivity contribution in [3.05, 3.63) is 22.6 Å². The molecule has 0 spiro atoms. The number of ether oxygens (including phenoxy) is 1. The minimum atomic E-state index is -0.238. The molecule has 1 rings (SSSR count). The summed E-state index contributed by atoms with van der Waals surface area (Å²) in [6, 6.07) is 1.38. The maximum Gasteiger partial charge on any atom is 0.256 e. The molecule has 1 amide bonds. The van der Waals surface area contributed by atoms with Crippen molar-refractivity contribution < 1.29 is 13.9 Å². The van der Waals surface area contributed by atoms with Gasteiger partial charge in [0, 0.05) is 13.0 Å². The zero-order chi connectivity index (χ0) is 11.3. The van der Waals surface area contributed by atoms with Crippen molar-refractivity contribution in [2.75, 3.05) is 19.6 Å². The van der Waals surface area contributed by atoms with E-state index >= 15 is 0 Å². The summed E-state index contributed by atoms with van der Waals surface area (Å²) >= 11 is 8.79. The van der Waals surface area contributed by atoms with Crippen LogP contribution in [0.2, 0.25) is 0 Å². The van der Waals surface area contributed by atoms with Crippen LogP contribution in [0.25, 0.3) is 0 Å². The van der Waals surface area contributed by atoms with Crippen LogP contribution in [-0.4, -0.2) is 31.5 Å². The smallest absolute Gasteiger partial charge is 0.256 e. The molecule has 0 aliphatic rings. The fourth-order valence-electron chi connectivity index (χ4n) is 1.04. The summed E-state index contributed by atoms with van der Waals surface area (Å²) in [4.78, 5) is 11.7. The number of carbonyl (C=O) groups is 1. The molecule has 1 unspecified atom stereocenters. The van der Waals surface area contributed by atoms with Crippen LogP contribution in [0.4, 0.5) is 0 Å². The maximum atomic E-state index is 11.7. The van der Waals surface area contributed by atoms with E-state index in [0.29, 0.717) is 22.7 Å². The number of furan rings is 1. The average molecular weight is 297 g/mol. The fourth-order valence-corrected chi connectivity index (χ4v) is 1.63. The highest BCUT2D eigenvalue weighted by Crippen LogP contribution is 2.17. The summed E-state index contributed by atoms with van der Waals surface area (Å²) in [5.41, 5.74) is 0.446. The lowest BCUT2D eigenvalue weighted by Gasteiger charge is -2.14. The number of carbonyl (C=O) groups excluding carboxylic acids is 1. The van der Waals surface area contributed by atoms with Crippen molar-refractivity contribution in [1.29, 1.82) is 0 Å². The van der Waals surface area contributed by atoms with E-state index in [0.717, 1.165) is 0 Å². The van der Waals surface area contributed by atoms with Gasteiger partial charge in [-0.25, -0.2) is 0 Å². The highest BCUT2D eigenvalue weighted by Gasteiger charge is 2.16. The number of alkyl halides is 1. The molecule has 15 heavy (non-hydrogen) atoms. The van der Waals surface area contributed by atoms with E-state index < -0.39 is 0 Å². The predicted molar refractivity (Wildman–Crippen MR) is 60.3 cm³/mol. The molecule has 0 fully saturated rings. The second kappa shape index (κ2) is 6.15. The molecule has 6 heteroatoms. The molecule has 0 bridgehead atoms. The Morgan fingerprint density at radius 2 is 2.53 bits per heavy atom. The highest BCUT2D eigenvalue weighted by atomic mass is 79.9. The van der Waals surface area contributed by atoms with Gasteiger partial charge in [0.1, 0.15) is 0 Å². The highest BCUT2D eigenvalue weighted by molar-refractivity contribution is 9.10. The van der Waals surface area contributed by atoms with Gasteiger partial charge in [0.15, 0.2) is 4.67 Å². The first kappa shape index (κ1) is 12.5. The number of hydrogen-bond acceptors (Lipinski definition) is 3. The Morgan fingerprint density at radius 3 is 3.00 bits per heavy atom. The molecule has 1 heterocycles. The van der Waals surface area contributed by atoms with Crippen LogP contribution in [0.3, 0.4) is 0 Å². The summed E-state index contributed by atoms with van der Waals surface area (Å²) in [7, 11) is 1.56. The third-order valence-corrected chi connectivity index (χ3v) is 2.74. The minimum Gasteiger partial charge on any atom is -0.457 e. The number of nitrogens with one attached hydrogen (secondary N) is 1. The lowest BCUT2D eigenvalue weighted by molar-refractivity contribution is 0.0905. The van der Waals surface area contributed by atoms with Crippen LogP contribution in [0.5, 0.6) is 0 Å². The maximum absolute atomic E-state index is 11.7. The van der Waals surface area contributed by atoms with Crippen LogP contribution in [-0.2, 0) is 4.74 Å². The number of hydrogen-bond donors (Lipinski definition) is 1. The zero-order valence-corrected chi connectivity index (χ0v) is 10.5. The normalized spacial score (nSPS) is 12.5. The van der Waals surface area contributed by atoms with Crippen molar-refractivity contribution in [1.82, 2.24) is 5.32 Å². The quantitative estimate of drug-likeness (QED) is 0.846. The molecule has 1 N–H and O–H groups in total. The van der Waals surface area contributed by atoms with Crippen LogP contribution >= 0.6 is 27.5 Å². The van der Waals surface area contributed by atoms with Crippen molar-refractivity contribution in [3.8, 4) is 0 Å². The van der Waals surface area contributed by atoms with Crippen molar-refractivity contribution in [2.24, 2.45) is 0 Å². The lowest BCUT2D eigenvalue weighted by atomic mass is 10.3. The SMILES string of the molecule is COCC(CCl)NC(=O)c1ccoc1Br. The van der Waals surface area contributed by atoms with E-state index in [1.165, 1.54) is 6.26 Å². The zero-order valence-electron chi connectivity index (χ0n) is 8.13. The van der Waals surface area contributed by atoms with Gasteiger partial charge in [-0.2, -0.15) is 0 Å². The Hall–Kier alpha value is -0.520. The monoisotopic (exact) mass is 295 g/mol. The van der Waals surface area contributed by atoms with Gasteiger partial charge in [-0.05, 0) is 22.0 Å². The fraction of sp³-hybridized carbons (Fsp3) is 0.444. The Kier molecular flexibility index (Phi) is 5.14. The molecule has 0 radical (unpaired) electrons. The molecule has 4 nitrogen and oxygen atoms in total. The van der Waals surface area contributed by atoms with Gasteiger partial charge in [0.25, 0.3) is 5.91 Å². The third kappa shape index (κ3) is 3.52. The third-order valence-electron chi connectivity index (χ3n) is 1.75. The molecule has 0 saturated carbocycles. The number of methoxy groups -OCH3 is 1. The predicted octanol–water partition coefficient (Wildman–Crippen LogP) is 2.03. The standard InChI is InChI=1S/C9H11BrClNO3/c1-14-5-6(4-11)12-9(13)7-2-3-15-8(7)10/h2-3,6H,4-5H2,1H3,(H,12,13). The summed E-state index contributed by atoms with van der Waals surface area (Å²) in [5.74, 6) is 0.0630. The topological polar surface area (TPSA) is 51.5 Å². The summed E-state index contributed by atoms with van der Waals surface area (Å²) in [6.45, 7) is 0.380. The van der Waals surface area contributed by atoms with E-state index in [1.54, 1.807) is 13.2 Å². The van der Waals surface area contributed by atoms with Gasteiger partial charge in [0.05, 0.1) is 24.5 Å². The van der Waals surface area contributed by atoms with Gasteiger partial charge in [0.2, 0.25) is 0 Å². The molecule has 84 valence electrons. The Morgan fingerprint density at radius 1 is 1.80 bits per heavy atom. The van der Waals surface area contributed by atoms with Crippen molar-refractivity contribution in [2.45, 2.75) is 6.04 Å². The molecular formula is C9H11BrClNO3. The van der Waals surface area contributed by atoms with E-state index in [1.807, 2.05) is 0 Å². The lowest BCUT2D eigenvalue weighted by Crippen LogP contribution is -2.39. The van der Waals surface area contributed by atoms with E-state index in [-0.39, 0.29) is 11.9 Å². The Balaban J connectivity index is 2.58. The minimum absolute atomic E-state index is 0.203. The number of halogens is 2. The molecule has 1 aromatic heterocycles. The summed E-state index contributed by atoms with van der Waals surface area (Å²) < 4.78 is 10.3. The molecule has 0 saturated heterocycles. The van der Waals surface area contributed by atoms with Gasteiger partial charge in [-0.1, -0.05) is 0 Å². The van der Waals surface area contributed by atoms with Gasteiger partial charge in [-0.15, -0.1) is 11.6 Å². The molecule has 0 aliphatic carbocycles. The van der Waals surface area contributed by atoms with Crippen molar-refractivity contribution in [3.63, 3.8) is 0 Å². The van der Waals surface area contributed by atoms with E-state index in [9.17, 15) is 4.79 Å². The van der Waals surface area contributed by atoms with E-state index in [2.05, 4.69) is 21.2 Å². The van der Waals surface area contributed by atoms with Crippen molar-refractivity contribution >= 4 is 33.4 Å². The molecular weight excluding hydrogens is 285 g/mol. The van der Waals surface area contributed by atoms with Gasteiger partial charge in [-0.3, -0.25) is 4.79 Å². The van der Waals surface area contributed by atoms with Crippen LogP contribution in [0.1, 0.15) is 10.4 Å². The van der Waals surface area contributed by atoms with Gasteiger partial charge >= 0.3 is 0 Å². The second-order valence-electron chi connectivity index (χ2n) is 2.89. The average Bonchev–Trinajstić information content (AvgIpc) is 2.63.